The van der Waals surface area contributed by atoms with E-state index in [1.165, 1.54) is 0 Å². The van der Waals surface area contributed by atoms with Gasteiger partial charge in [0.2, 0.25) is 11.8 Å². The van der Waals surface area contributed by atoms with Crippen LogP contribution in [-0.4, -0.2) is 49.1 Å². The SMILES string of the molecule is COC1C(C)=C(C)OCC1NC(=O)[C@@H]1c2ccccc2CC(=O)N1CC1CC1. The first kappa shape index (κ1) is 19.0. The fourth-order valence-electron chi connectivity index (χ4n) is 4.25. The molecule has 0 radical (unpaired) electrons. The largest absolute Gasteiger partial charge is 0.496 e. The van der Waals surface area contributed by atoms with Crippen LogP contribution in [0.3, 0.4) is 0 Å². The van der Waals surface area contributed by atoms with Crippen LogP contribution in [0.2, 0.25) is 0 Å². The smallest absolute Gasteiger partial charge is 0.247 e. The van der Waals surface area contributed by atoms with Crippen LogP contribution < -0.4 is 5.32 Å². The molecule has 4 rings (SSSR count). The lowest BCUT2D eigenvalue weighted by Crippen LogP contribution is -2.55. The van der Waals surface area contributed by atoms with Gasteiger partial charge in [-0.3, -0.25) is 9.59 Å². The van der Waals surface area contributed by atoms with Gasteiger partial charge in [-0.2, -0.15) is 0 Å². The molecule has 1 N–H and O–H groups in total. The zero-order valence-electron chi connectivity index (χ0n) is 16.7. The van der Waals surface area contributed by atoms with Crippen molar-refractivity contribution in [1.29, 1.82) is 0 Å². The molecule has 1 aromatic rings. The number of ether oxygens (including phenoxy) is 2. The second-order valence-corrected chi connectivity index (χ2v) is 8.09. The van der Waals surface area contributed by atoms with E-state index in [0.29, 0.717) is 25.5 Å². The van der Waals surface area contributed by atoms with Gasteiger partial charge in [-0.25, -0.2) is 0 Å². The number of allylic oxidation sites excluding steroid dienone is 1. The van der Waals surface area contributed by atoms with Crippen LogP contribution in [0.25, 0.3) is 0 Å². The minimum atomic E-state index is -0.595. The summed E-state index contributed by atoms with van der Waals surface area (Å²) < 4.78 is 11.4. The summed E-state index contributed by atoms with van der Waals surface area (Å²) in [5.41, 5.74) is 2.85. The topological polar surface area (TPSA) is 67.9 Å². The molecule has 6 nitrogen and oxygen atoms in total. The van der Waals surface area contributed by atoms with E-state index in [-0.39, 0.29) is 24.0 Å². The third-order valence-corrected chi connectivity index (χ3v) is 6.13. The Hall–Kier alpha value is -2.34. The van der Waals surface area contributed by atoms with Crippen LogP contribution in [-0.2, 0) is 25.5 Å². The quantitative estimate of drug-likeness (QED) is 0.846. The van der Waals surface area contributed by atoms with Gasteiger partial charge in [0.1, 0.15) is 18.8 Å². The Bertz CT molecular complexity index is 815. The first-order valence-corrected chi connectivity index (χ1v) is 10.00. The van der Waals surface area contributed by atoms with Crippen molar-refractivity contribution in [3.05, 3.63) is 46.7 Å². The molecule has 2 heterocycles. The number of carbonyl (C=O) groups excluding carboxylic acids is 2. The molecular weight excluding hydrogens is 356 g/mol. The van der Waals surface area contributed by atoms with Crippen molar-refractivity contribution in [3.8, 4) is 0 Å². The maximum Gasteiger partial charge on any atom is 0.247 e. The number of nitrogens with one attached hydrogen (secondary N) is 1. The predicted octanol–water partition coefficient (Wildman–Crippen LogP) is 2.35. The van der Waals surface area contributed by atoms with Crippen molar-refractivity contribution in [2.24, 2.45) is 5.92 Å². The molecule has 0 bridgehead atoms. The van der Waals surface area contributed by atoms with Crippen LogP contribution in [0, 0.1) is 5.92 Å². The Morgan fingerprint density at radius 2 is 2.04 bits per heavy atom. The Morgan fingerprint density at radius 3 is 2.75 bits per heavy atom. The van der Waals surface area contributed by atoms with Crippen LogP contribution in [0.15, 0.2) is 35.6 Å². The van der Waals surface area contributed by atoms with Crippen LogP contribution in [0.1, 0.15) is 43.9 Å². The zero-order chi connectivity index (χ0) is 19.8. The minimum absolute atomic E-state index is 0.0286. The van der Waals surface area contributed by atoms with Crippen molar-refractivity contribution in [3.63, 3.8) is 0 Å². The lowest BCUT2D eigenvalue weighted by atomic mass is 9.90. The Morgan fingerprint density at radius 1 is 1.29 bits per heavy atom. The van der Waals surface area contributed by atoms with Gasteiger partial charge in [-0.1, -0.05) is 24.3 Å². The summed E-state index contributed by atoms with van der Waals surface area (Å²) in [6, 6.07) is 6.88. The molecule has 150 valence electrons. The van der Waals surface area contributed by atoms with E-state index in [4.69, 9.17) is 9.47 Å². The number of fused-ring (bicyclic) bond motifs is 1. The van der Waals surface area contributed by atoms with Gasteiger partial charge in [0.05, 0.1) is 18.2 Å². The normalized spacial score (nSPS) is 27.3. The Labute approximate surface area is 165 Å². The molecule has 0 spiro atoms. The van der Waals surface area contributed by atoms with Crippen molar-refractivity contribution in [2.75, 3.05) is 20.3 Å². The van der Waals surface area contributed by atoms with Gasteiger partial charge in [-0.15, -0.1) is 0 Å². The van der Waals surface area contributed by atoms with E-state index in [9.17, 15) is 9.59 Å². The number of rotatable bonds is 5. The summed E-state index contributed by atoms with van der Waals surface area (Å²) in [4.78, 5) is 28.0. The molecule has 2 aliphatic heterocycles. The fourth-order valence-corrected chi connectivity index (χ4v) is 4.25. The molecule has 1 saturated carbocycles. The number of amides is 2. The lowest BCUT2D eigenvalue weighted by Gasteiger charge is -2.39. The number of carbonyl (C=O) groups is 2. The van der Waals surface area contributed by atoms with Crippen molar-refractivity contribution < 1.29 is 19.1 Å². The van der Waals surface area contributed by atoms with E-state index in [1.54, 1.807) is 12.0 Å². The summed E-state index contributed by atoms with van der Waals surface area (Å²) in [6.45, 7) is 4.88. The standard InChI is InChI=1S/C22H28N2O4/c1-13-14(2)28-12-18(21(13)27-3)23-22(26)20-17-7-5-4-6-16(17)10-19(25)24(20)11-15-8-9-15/h4-7,15,18,20-21H,8-12H2,1-3H3,(H,23,26)/t18?,20-,21?/m0/s1. The summed E-state index contributed by atoms with van der Waals surface area (Å²) >= 11 is 0. The Balaban J connectivity index is 1.61. The van der Waals surface area contributed by atoms with Gasteiger partial charge in [0, 0.05) is 13.7 Å². The Kier molecular flexibility index (Phi) is 5.15. The number of nitrogens with zero attached hydrogens (tertiary/aromatic N) is 1. The molecule has 3 aliphatic rings. The van der Waals surface area contributed by atoms with Crippen LogP contribution >= 0.6 is 0 Å². The summed E-state index contributed by atoms with van der Waals surface area (Å²) in [7, 11) is 1.64. The van der Waals surface area contributed by atoms with Gasteiger partial charge in [0.25, 0.3) is 0 Å². The van der Waals surface area contributed by atoms with Gasteiger partial charge in [0.15, 0.2) is 0 Å². The molecule has 6 heteroatoms. The summed E-state index contributed by atoms with van der Waals surface area (Å²) in [6.07, 6.45) is 2.39. The molecular formula is C22H28N2O4. The highest BCUT2D eigenvalue weighted by Crippen LogP contribution is 2.37. The van der Waals surface area contributed by atoms with Crippen molar-refractivity contribution in [2.45, 2.75) is 51.3 Å². The monoisotopic (exact) mass is 384 g/mol. The second-order valence-electron chi connectivity index (χ2n) is 8.09. The third kappa shape index (κ3) is 3.53. The summed E-state index contributed by atoms with van der Waals surface area (Å²) in [5, 5.41) is 3.11. The van der Waals surface area contributed by atoms with Gasteiger partial charge < -0.3 is 19.7 Å². The highest BCUT2D eigenvalue weighted by Gasteiger charge is 2.41. The van der Waals surface area contributed by atoms with E-state index >= 15 is 0 Å². The molecule has 0 aromatic heterocycles. The highest BCUT2D eigenvalue weighted by atomic mass is 16.5. The lowest BCUT2D eigenvalue weighted by molar-refractivity contribution is -0.142. The van der Waals surface area contributed by atoms with Gasteiger partial charge in [-0.05, 0) is 49.3 Å². The first-order valence-electron chi connectivity index (χ1n) is 10.00. The van der Waals surface area contributed by atoms with E-state index < -0.39 is 6.04 Å². The maximum absolute atomic E-state index is 13.4. The first-order chi connectivity index (χ1) is 13.5. The van der Waals surface area contributed by atoms with Crippen molar-refractivity contribution in [1.82, 2.24) is 10.2 Å². The number of hydrogen-bond acceptors (Lipinski definition) is 4. The average molecular weight is 384 g/mol. The number of hydrogen-bond donors (Lipinski definition) is 1. The van der Waals surface area contributed by atoms with E-state index in [2.05, 4.69) is 5.32 Å². The molecule has 1 aliphatic carbocycles. The molecule has 28 heavy (non-hydrogen) atoms. The van der Waals surface area contributed by atoms with Gasteiger partial charge >= 0.3 is 0 Å². The maximum atomic E-state index is 13.4. The molecule has 1 aromatic carbocycles. The minimum Gasteiger partial charge on any atom is -0.496 e. The zero-order valence-corrected chi connectivity index (χ0v) is 16.7. The van der Waals surface area contributed by atoms with E-state index in [0.717, 1.165) is 35.3 Å². The predicted molar refractivity (Wildman–Crippen MR) is 104 cm³/mol. The highest BCUT2D eigenvalue weighted by molar-refractivity contribution is 5.92. The fraction of sp³-hybridized carbons (Fsp3) is 0.545. The third-order valence-electron chi connectivity index (χ3n) is 6.13. The van der Waals surface area contributed by atoms with Crippen LogP contribution in [0.5, 0.6) is 0 Å². The molecule has 3 atom stereocenters. The number of benzene rings is 1. The summed E-state index contributed by atoms with van der Waals surface area (Å²) in [5.74, 6) is 1.22. The molecule has 2 amide bonds. The molecule has 0 saturated heterocycles. The molecule has 2 unspecified atom stereocenters. The average Bonchev–Trinajstić information content (AvgIpc) is 3.49. The number of methoxy groups -OCH3 is 1. The second kappa shape index (κ2) is 7.59. The van der Waals surface area contributed by atoms with Crippen molar-refractivity contribution >= 4 is 11.8 Å². The van der Waals surface area contributed by atoms with E-state index in [1.807, 2.05) is 38.1 Å². The van der Waals surface area contributed by atoms with Crippen LogP contribution in [0.4, 0.5) is 0 Å². The molecule has 1 fully saturated rings.